The molecule has 4 atom stereocenters. The van der Waals surface area contributed by atoms with Crippen molar-refractivity contribution in [3.63, 3.8) is 0 Å². The quantitative estimate of drug-likeness (QED) is 0.779. The Kier molecular flexibility index (Phi) is 5.35. The first-order valence-electron chi connectivity index (χ1n) is 10.1. The molecule has 2 fully saturated rings. The molecule has 5 rings (SSSR count). The van der Waals surface area contributed by atoms with E-state index in [1.807, 2.05) is 25.1 Å². The lowest BCUT2D eigenvalue weighted by atomic mass is 9.90. The van der Waals surface area contributed by atoms with Crippen LogP contribution in [0.4, 0.5) is 10.1 Å². The lowest BCUT2D eigenvalue weighted by molar-refractivity contribution is -0.126. The fourth-order valence-corrected chi connectivity index (χ4v) is 4.40. The van der Waals surface area contributed by atoms with Gasteiger partial charge in [-0.25, -0.2) is 9.29 Å². The zero-order valence-electron chi connectivity index (χ0n) is 16.8. The molecule has 2 aromatic carbocycles. The number of halogens is 1. The van der Waals surface area contributed by atoms with E-state index in [2.05, 4.69) is 5.32 Å². The highest BCUT2D eigenvalue weighted by atomic mass is 19.1. The molecular weight excluding hydrogens is 383 g/mol. The number of amides is 2. The van der Waals surface area contributed by atoms with Crippen molar-refractivity contribution in [1.82, 2.24) is 5.32 Å². The Labute approximate surface area is 174 Å². The van der Waals surface area contributed by atoms with Gasteiger partial charge in [0.05, 0.1) is 23.6 Å². The Morgan fingerprint density at radius 2 is 1.67 bits per heavy atom. The van der Waals surface area contributed by atoms with Crippen LogP contribution in [0.15, 0.2) is 60.7 Å². The third-order valence-electron chi connectivity index (χ3n) is 5.96. The second kappa shape index (κ2) is 7.95. The molecule has 154 valence electrons. The molecule has 0 aromatic heterocycles. The van der Waals surface area contributed by atoms with Gasteiger partial charge in [-0.1, -0.05) is 49.4 Å². The summed E-state index contributed by atoms with van der Waals surface area (Å²) in [5, 5.41) is 3.07. The number of para-hydroxylation sites is 1. The van der Waals surface area contributed by atoms with Crippen LogP contribution < -0.4 is 10.2 Å². The fraction of sp³-hybridized carbons (Fsp3) is 0.292. The monoisotopic (exact) mass is 406 g/mol. The second-order valence-electron chi connectivity index (χ2n) is 7.73. The molecule has 0 spiro atoms. The van der Waals surface area contributed by atoms with Gasteiger partial charge in [-0.2, -0.15) is 0 Å². The van der Waals surface area contributed by atoms with Gasteiger partial charge in [0.15, 0.2) is 5.78 Å². The van der Waals surface area contributed by atoms with E-state index in [1.165, 1.54) is 11.0 Å². The number of carbonyl (C=O) groups is 3. The van der Waals surface area contributed by atoms with Gasteiger partial charge >= 0.3 is 0 Å². The van der Waals surface area contributed by atoms with Gasteiger partial charge in [-0.15, -0.1) is 0 Å². The van der Waals surface area contributed by atoms with Crippen LogP contribution in [-0.2, 0) is 20.8 Å². The van der Waals surface area contributed by atoms with Crippen molar-refractivity contribution in [3.8, 4) is 0 Å². The minimum Gasteiger partial charge on any atom is -0.299 e. The number of anilines is 1. The summed E-state index contributed by atoms with van der Waals surface area (Å²) in [7, 11) is 0. The Balaban J connectivity index is 0.000000185. The Morgan fingerprint density at radius 3 is 2.33 bits per heavy atom. The molecular formula is C24H23FN2O3. The second-order valence-corrected chi connectivity index (χ2v) is 7.73. The number of fused-ring (bicyclic) bond motifs is 5. The topological polar surface area (TPSA) is 66.5 Å². The number of imide groups is 1. The van der Waals surface area contributed by atoms with Gasteiger partial charge in [-0.05, 0) is 42.7 Å². The maximum absolute atomic E-state index is 13.0. The molecule has 2 aromatic rings. The SMILES string of the molecule is CCc1cccc(C)c1F.O=C1C=C[C@@H]2N[C@H]1[C@H]1C(=O)N(c3ccccc3)C(=O)[C@H]12. The first-order valence-corrected chi connectivity index (χ1v) is 10.1. The fourth-order valence-electron chi connectivity index (χ4n) is 4.40. The summed E-state index contributed by atoms with van der Waals surface area (Å²) in [5.74, 6) is -1.70. The molecule has 3 aliphatic heterocycles. The molecule has 3 heterocycles. The summed E-state index contributed by atoms with van der Waals surface area (Å²) in [5.41, 5.74) is 2.12. The van der Waals surface area contributed by atoms with Crippen LogP contribution in [-0.4, -0.2) is 29.7 Å². The van der Waals surface area contributed by atoms with Crippen molar-refractivity contribution in [2.24, 2.45) is 11.8 Å². The Hall–Kier alpha value is -3.12. The number of carbonyl (C=O) groups excluding carboxylic acids is 3. The number of benzene rings is 2. The van der Waals surface area contributed by atoms with Crippen molar-refractivity contribution < 1.29 is 18.8 Å². The van der Waals surface area contributed by atoms with E-state index >= 15 is 0 Å². The molecule has 0 saturated carbocycles. The van der Waals surface area contributed by atoms with Gasteiger partial charge in [0.25, 0.3) is 0 Å². The highest BCUT2D eigenvalue weighted by Gasteiger charge is 2.60. The number of ketones is 1. The number of nitrogens with one attached hydrogen (secondary N) is 1. The average Bonchev–Trinajstić information content (AvgIpc) is 3.21. The molecule has 3 aliphatic rings. The highest BCUT2D eigenvalue weighted by Crippen LogP contribution is 2.41. The van der Waals surface area contributed by atoms with Crippen molar-refractivity contribution in [3.05, 3.63) is 77.6 Å². The Morgan fingerprint density at radius 1 is 0.967 bits per heavy atom. The summed E-state index contributed by atoms with van der Waals surface area (Å²) in [4.78, 5) is 38.2. The molecule has 30 heavy (non-hydrogen) atoms. The Bertz CT molecular complexity index is 1030. The summed E-state index contributed by atoms with van der Waals surface area (Å²) < 4.78 is 13.0. The first-order chi connectivity index (χ1) is 14.4. The largest absolute Gasteiger partial charge is 0.299 e. The van der Waals surface area contributed by atoms with E-state index in [-0.39, 0.29) is 29.5 Å². The predicted octanol–water partition coefficient (Wildman–Crippen LogP) is 2.97. The van der Waals surface area contributed by atoms with Crippen LogP contribution in [0.3, 0.4) is 0 Å². The van der Waals surface area contributed by atoms with Crippen LogP contribution in [0.25, 0.3) is 0 Å². The van der Waals surface area contributed by atoms with Gasteiger partial charge in [0.2, 0.25) is 11.8 Å². The van der Waals surface area contributed by atoms with Crippen LogP contribution in [0, 0.1) is 24.6 Å². The van der Waals surface area contributed by atoms with Crippen molar-refractivity contribution >= 4 is 23.3 Å². The highest BCUT2D eigenvalue weighted by molar-refractivity contribution is 6.24. The lowest BCUT2D eigenvalue weighted by Gasteiger charge is -2.22. The summed E-state index contributed by atoms with van der Waals surface area (Å²) in [6.07, 6.45) is 3.95. The van der Waals surface area contributed by atoms with E-state index in [0.29, 0.717) is 5.69 Å². The van der Waals surface area contributed by atoms with Gasteiger partial charge in [0.1, 0.15) is 5.82 Å². The molecule has 0 unspecified atom stereocenters. The lowest BCUT2D eigenvalue weighted by Crippen LogP contribution is -2.46. The van der Waals surface area contributed by atoms with Gasteiger partial charge in [0, 0.05) is 6.04 Å². The zero-order chi connectivity index (χ0) is 21.4. The van der Waals surface area contributed by atoms with Gasteiger partial charge in [-0.3, -0.25) is 19.7 Å². The molecule has 0 aliphatic carbocycles. The first kappa shape index (κ1) is 20.2. The van der Waals surface area contributed by atoms with Crippen LogP contribution in [0.2, 0.25) is 0 Å². The predicted molar refractivity (Wildman–Crippen MR) is 111 cm³/mol. The number of rotatable bonds is 2. The maximum atomic E-state index is 13.0. The molecule has 6 heteroatoms. The minimum atomic E-state index is -0.574. The standard InChI is InChI=1S/C15H12N2O3.C9H11F/c18-10-7-6-9-11-12(13(10)16-9)15(20)17(14(11)19)8-4-2-1-3-5-8;1-3-8-6-4-5-7(2)9(8)10/h1-7,9,11-13,16H;4-6H,3H2,1-2H3/t9-,11-,12-,13+;/m0./s1. The molecule has 2 amide bonds. The van der Waals surface area contributed by atoms with Crippen LogP contribution in [0.1, 0.15) is 18.1 Å². The number of nitrogens with zero attached hydrogens (tertiary/aromatic N) is 1. The number of aryl methyl sites for hydroxylation is 2. The third-order valence-corrected chi connectivity index (χ3v) is 5.96. The van der Waals surface area contributed by atoms with Crippen molar-refractivity contribution in [2.45, 2.75) is 32.4 Å². The summed E-state index contributed by atoms with van der Waals surface area (Å²) in [6, 6.07) is 13.6. The normalized spacial score (nSPS) is 26.5. The van der Waals surface area contributed by atoms with Crippen molar-refractivity contribution in [1.29, 1.82) is 0 Å². The van der Waals surface area contributed by atoms with E-state index < -0.39 is 17.9 Å². The number of hydrogen-bond donors (Lipinski definition) is 1. The minimum absolute atomic E-state index is 0.0509. The average molecular weight is 406 g/mol. The molecule has 0 radical (unpaired) electrons. The van der Waals surface area contributed by atoms with E-state index in [1.54, 1.807) is 43.3 Å². The number of hydrogen-bond acceptors (Lipinski definition) is 4. The molecule has 2 bridgehead atoms. The zero-order valence-corrected chi connectivity index (χ0v) is 16.8. The van der Waals surface area contributed by atoms with Crippen molar-refractivity contribution in [2.75, 3.05) is 4.90 Å². The smallest absolute Gasteiger partial charge is 0.239 e. The molecule has 2 saturated heterocycles. The van der Waals surface area contributed by atoms with Gasteiger partial charge < -0.3 is 0 Å². The van der Waals surface area contributed by atoms with Crippen LogP contribution in [0.5, 0.6) is 0 Å². The molecule has 5 nitrogen and oxygen atoms in total. The van der Waals surface area contributed by atoms with E-state index in [0.717, 1.165) is 17.5 Å². The van der Waals surface area contributed by atoms with E-state index in [4.69, 9.17) is 0 Å². The third kappa shape index (κ3) is 3.27. The molecule has 1 N–H and O–H groups in total. The summed E-state index contributed by atoms with van der Waals surface area (Å²) >= 11 is 0. The van der Waals surface area contributed by atoms with E-state index in [9.17, 15) is 18.8 Å². The maximum Gasteiger partial charge on any atom is 0.239 e. The summed E-state index contributed by atoms with van der Waals surface area (Å²) in [6.45, 7) is 3.74. The van der Waals surface area contributed by atoms with Crippen LogP contribution >= 0.6 is 0 Å².